The molecule has 1 spiro atoms. The molecule has 23 heavy (non-hydrogen) atoms. The fraction of sp³-hybridized carbons (Fsp3) is 0.375. The van der Waals surface area contributed by atoms with E-state index in [9.17, 15) is 23.1 Å². The second kappa shape index (κ2) is 4.30. The molecule has 2 fully saturated rings. The quantitative estimate of drug-likeness (QED) is 0.810. The van der Waals surface area contributed by atoms with Gasteiger partial charge in [0.15, 0.2) is 15.6 Å². The molecule has 4 rings (SSSR count). The van der Waals surface area contributed by atoms with Crippen LogP contribution < -0.4 is 0 Å². The lowest BCUT2D eigenvalue weighted by Crippen LogP contribution is -2.59. The first-order valence-corrected chi connectivity index (χ1v) is 8.87. The van der Waals surface area contributed by atoms with Crippen molar-refractivity contribution in [3.63, 3.8) is 0 Å². The number of benzene rings is 1. The molecule has 1 aromatic carbocycles. The SMILES string of the molecule is CN1C2C(=O)C=C(C(=O)O)C3C(S(=O)(=O)c4ccccc4)CC321. The molecule has 6 nitrogen and oxygen atoms in total. The number of carbonyl (C=O) groups excluding carboxylic acids is 1. The lowest BCUT2D eigenvalue weighted by Gasteiger charge is -2.46. The van der Waals surface area contributed by atoms with Crippen molar-refractivity contribution in [3.8, 4) is 0 Å². The summed E-state index contributed by atoms with van der Waals surface area (Å²) >= 11 is 0. The van der Waals surface area contributed by atoms with Gasteiger partial charge in [-0.3, -0.25) is 9.69 Å². The van der Waals surface area contributed by atoms with Gasteiger partial charge in [-0.05, 0) is 31.7 Å². The largest absolute Gasteiger partial charge is 0.478 e. The highest BCUT2D eigenvalue weighted by atomic mass is 32.2. The fourth-order valence-electron chi connectivity index (χ4n) is 4.36. The van der Waals surface area contributed by atoms with Crippen LogP contribution in [0.15, 0.2) is 46.9 Å². The van der Waals surface area contributed by atoms with Crippen LogP contribution in [-0.4, -0.2) is 54.1 Å². The van der Waals surface area contributed by atoms with Gasteiger partial charge in [-0.1, -0.05) is 18.2 Å². The van der Waals surface area contributed by atoms with E-state index in [0.717, 1.165) is 6.08 Å². The van der Waals surface area contributed by atoms with E-state index in [4.69, 9.17) is 0 Å². The van der Waals surface area contributed by atoms with E-state index in [1.54, 1.807) is 25.2 Å². The van der Waals surface area contributed by atoms with Gasteiger partial charge < -0.3 is 5.11 Å². The van der Waals surface area contributed by atoms with Crippen molar-refractivity contribution in [2.75, 3.05) is 7.05 Å². The Hall–Kier alpha value is -1.99. The Balaban J connectivity index is 1.79. The Labute approximate surface area is 133 Å². The fourth-order valence-corrected chi connectivity index (χ4v) is 6.48. The number of hydrogen-bond acceptors (Lipinski definition) is 5. The highest BCUT2D eigenvalue weighted by molar-refractivity contribution is 7.92. The molecule has 7 heteroatoms. The van der Waals surface area contributed by atoms with Crippen molar-refractivity contribution in [1.82, 2.24) is 4.90 Å². The third-order valence-corrected chi connectivity index (χ3v) is 7.67. The van der Waals surface area contributed by atoms with E-state index in [1.807, 2.05) is 4.90 Å². The predicted octanol–water partition coefficient (Wildman–Crippen LogP) is 0.495. The Morgan fingerprint density at radius 1 is 1.30 bits per heavy atom. The lowest BCUT2D eigenvalue weighted by atomic mass is 9.63. The average molecular weight is 333 g/mol. The molecule has 1 aliphatic heterocycles. The molecule has 0 aromatic heterocycles. The zero-order valence-electron chi connectivity index (χ0n) is 12.3. The molecular weight excluding hydrogens is 318 g/mol. The van der Waals surface area contributed by atoms with Gasteiger partial charge in [0, 0.05) is 11.5 Å². The smallest absolute Gasteiger partial charge is 0.332 e. The number of likely N-dealkylation sites (N-methyl/N-ethyl adjacent to an activating group) is 1. The van der Waals surface area contributed by atoms with Crippen molar-refractivity contribution >= 4 is 21.6 Å². The van der Waals surface area contributed by atoms with Crippen LogP contribution in [0.5, 0.6) is 0 Å². The normalized spacial score (nSPS) is 38.0. The van der Waals surface area contributed by atoms with E-state index in [-0.39, 0.29) is 22.3 Å². The van der Waals surface area contributed by atoms with E-state index in [1.165, 1.54) is 12.1 Å². The molecule has 1 aromatic rings. The summed E-state index contributed by atoms with van der Waals surface area (Å²) in [6.07, 6.45) is 1.42. The van der Waals surface area contributed by atoms with Crippen LogP contribution in [0.2, 0.25) is 0 Å². The van der Waals surface area contributed by atoms with Crippen LogP contribution in [0, 0.1) is 5.92 Å². The van der Waals surface area contributed by atoms with Crippen LogP contribution in [0.3, 0.4) is 0 Å². The first-order chi connectivity index (χ1) is 10.8. The van der Waals surface area contributed by atoms with Gasteiger partial charge in [-0.15, -0.1) is 0 Å². The third kappa shape index (κ3) is 1.63. The minimum atomic E-state index is -3.63. The van der Waals surface area contributed by atoms with E-state index < -0.39 is 32.5 Å². The monoisotopic (exact) mass is 333 g/mol. The number of aliphatic carboxylic acids is 1. The Kier molecular flexibility index (Phi) is 2.73. The molecule has 0 amide bonds. The average Bonchev–Trinajstić information content (AvgIpc) is 3.12. The summed E-state index contributed by atoms with van der Waals surface area (Å²) in [6, 6.07) is 7.68. The summed E-state index contributed by atoms with van der Waals surface area (Å²) in [5.74, 6) is -2.11. The number of rotatable bonds is 3. The predicted molar refractivity (Wildman–Crippen MR) is 80.5 cm³/mol. The van der Waals surface area contributed by atoms with Gasteiger partial charge in [0.2, 0.25) is 0 Å². The Bertz CT molecular complexity index is 860. The van der Waals surface area contributed by atoms with E-state index in [2.05, 4.69) is 0 Å². The minimum Gasteiger partial charge on any atom is -0.478 e. The number of nitrogens with zero attached hydrogens (tertiary/aromatic N) is 1. The summed E-state index contributed by atoms with van der Waals surface area (Å²) in [7, 11) is -1.88. The van der Waals surface area contributed by atoms with Crippen LogP contribution in [0.4, 0.5) is 0 Å². The molecule has 5 unspecified atom stereocenters. The third-order valence-electron chi connectivity index (χ3n) is 5.51. The molecule has 1 N–H and O–H groups in total. The molecule has 5 atom stereocenters. The molecule has 3 aliphatic rings. The molecule has 1 heterocycles. The second-order valence-electron chi connectivity index (χ2n) is 6.39. The van der Waals surface area contributed by atoms with Gasteiger partial charge in [-0.25, -0.2) is 13.2 Å². The van der Waals surface area contributed by atoms with Gasteiger partial charge in [0.25, 0.3) is 0 Å². The number of sulfone groups is 1. The van der Waals surface area contributed by atoms with Crippen molar-refractivity contribution in [2.45, 2.75) is 28.1 Å². The first kappa shape index (κ1) is 14.6. The summed E-state index contributed by atoms with van der Waals surface area (Å²) in [5, 5.41) is 8.62. The number of carbonyl (C=O) groups is 2. The highest BCUT2D eigenvalue weighted by Gasteiger charge is 2.79. The second-order valence-corrected chi connectivity index (χ2v) is 8.56. The highest BCUT2D eigenvalue weighted by Crippen LogP contribution is 2.65. The molecule has 2 aliphatic carbocycles. The van der Waals surface area contributed by atoms with Crippen LogP contribution >= 0.6 is 0 Å². The lowest BCUT2D eigenvalue weighted by molar-refractivity contribution is -0.134. The van der Waals surface area contributed by atoms with Crippen molar-refractivity contribution in [2.24, 2.45) is 5.92 Å². The Morgan fingerprint density at radius 2 is 1.96 bits per heavy atom. The standard InChI is InChI=1S/C16H15NO5S/c1-17-14-11(18)7-10(15(19)20)13-12(8-16(13,14)17)23(21,22)9-5-3-2-4-6-9/h2-7,12-14H,8H2,1H3,(H,19,20). The van der Waals surface area contributed by atoms with E-state index in [0.29, 0.717) is 6.42 Å². The number of ketones is 1. The van der Waals surface area contributed by atoms with Gasteiger partial charge >= 0.3 is 5.97 Å². The summed E-state index contributed by atoms with van der Waals surface area (Å²) < 4.78 is 25.7. The maximum Gasteiger partial charge on any atom is 0.332 e. The van der Waals surface area contributed by atoms with Gasteiger partial charge in [0.05, 0.1) is 21.7 Å². The number of carboxylic acid groups (broad SMARTS) is 1. The zero-order chi connectivity index (χ0) is 16.6. The molecule has 1 saturated heterocycles. The maximum atomic E-state index is 12.9. The molecule has 0 radical (unpaired) electrons. The van der Waals surface area contributed by atoms with Crippen molar-refractivity contribution in [1.29, 1.82) is 0 Å². The van der Waals surface area contributed by atoms with Crippen LogP contribution in [-0.2, 0) is 19.4 Å². The van der Waals surface area contributed by atoms with E-state index >= 15 is 0 Å². The first-order valence-electron chi connectivity index (χ1n) is 7.32. The van der Waals surface area contributed by atoms with Crippen LogP contribution in [0.1, 0.15) is 6.42 Å². The minimum absolute atomic E-state index is 0.0774. The van der Waals surface area contributed by atoms with Crippen LogP contribution in [0.25, 0.3) is 0 Å². The van der Waals surface area contributed by atoms with Crippen molar-refractivity contribution < 1.29 is 23.1 Å². The van der Waals surface area contributed by atoms with Gasteiger partial charge in [0.1, 0.15) is 0 Å². The molecule has 1 saturated carbocycles. The number of hydrogen-bond donors (Lipinski definition) is 1. The number of carboxylic acids is 1. The maximum absolute atomic E-state index is 12.9. The summed E-state index contributed by atoms with van der Waals surface area (Å²) in [6.45, 7) is 0. The zero-order valence-corrected chi connectivity index (χ0v) is 13.2. The summed E-state index contributed by atoms with van der Waals surface area (Å²) in [5.41, 5.74) is -0.696. The topological polar surface area (TPSA) is 91.5 Å². The van der Waals surface area contributed by atoms with Crippen molar-refractivity contribution in [3.05, 3.63) is 42.0 Å². The summed E-state index contributed by atoms with van der Waals surface area (Å²) in [4.78, 5) is 25.6. The molecular formula is C16H15NO5S. The van der Waals surface area contributed by atoms with Gasteiger partial charge in [-0.2, -0.15) is 0 Å². The molecule has 0 bridgehead atoms. The molecule has 120 valence electrons. The Morgan fingerprint density at radius 3 is 2.57 bits per heavy atom.